The van der Waals surface area contributed by atoms with Gasteiger partial charge in [-0.15, -0.1) is 0 Å². The molecular formula is C32H44N2O10. The zero-order valence-corrected chi connectivity index (χ0v) is 26.3. The Kier molecular flexibility index (Phi) is 14.6. The van der Waals surface area contributed by atoms with E-state index < -0.39 is 47.4 Å². The van der Waals surface area contributed by atoms with E-state index in [2.05, 4.69) is 10.6 Å². The second-order valence-corrected chi connectivity index (χ2v) is 11.7. The minimum Gasteiger partial charge on any atom is -0.460 e. The lowest BCUT2D eigenvalue weighted by Gasteiger charge is -2.23. The van der Waals surface area contributed by atoms with Crippen LogP contribution in [0.15, 0.2) is 60.7 Å². The fourth-order valence-electron chi connectivity index (χ4n) is 3.46. The molecule has 0 bridgehead atoms. The van der Waals surface area contributed by atoms with Crippen LogP contribution in [0.5, 0.6) is 0 Å². The molecular weight excluding hydrogens is 572 g/mol. The van der Waals surface area contributed by atoms with E-state index >= 15 is 0 Å². The highest BCUT2D eigenvalue weighted by Gasteiger charge is 2.28. The van der Waals surface area contributed by atoms with E-state index in [0.717, 1.165) is 11.1 Å². The van der Waals surface area contributed by atoms with Crippen LogP contribution in [0, 0.1) is 0 Å². The average molecular weight is 617 g/mol. The molecule has 12 heteroatoms. The van der Waals surface area contributed by atoms with Crippen LogP contribution in [0.3, 0.4) is 0 Å². The molecule has 0 aliphatic rings. The third-order valence-electron chi connectivity index (χ3n) is 5.32. The van der Waals surface area contributed by atoms with E-state index in [1.807, 2.05) is 60.7 Å². The first kappa shape index (κ1) is 36.0. The van der Waals surface area contributed by atoms with Gasteiger partial charge in [0.15, 0.2) is 12.1 Å². The van der Waals surface area contributed by atoms with Crippen molar-refractivity contribution >= 4 is 24.1 Å². The SMILES string of the molecule is CC(C)(C)OC(=O)NC(COCc1ccccc1)C(=O)OCCOC(=O)C(COCc1ccccc1)NC(=O)OC(C)(C)C. The van der Waals surface area contributed by atoms with Gasteiger partial charge in [0.05, 0.1) is 26.4 Å². The molecule has 2 aromatic rings. The van der Waals surface area contributed by atoms with Crippen molar-refractivity contribution in [2.24, 2.45) is 0 Å². The van der Waals surface area contributed by atoms with Crippen molar-refractivity contribution in [1.82, 2.24) is 10.6 Å². The lowest BCUT2D eigenvalue weighted by molar-refractivity contribution is -0.156. The summed E-state index contributed by atoms with van der Waals surface area (Å²) in [5, 5.41) is 4.92. The van der Waals surface area contributed by atoms with Crippen LogP contribution in [0.4, 0.5) is 9.59 Å². The normalized spacial score (nSPS) is 12.8. The van der Waals surface area contributed by atoms with Crippen LogP contribution in [0.2, 0.25) is 0 Å². The van der Waals surface area contributed by atoms with Gasteiger partial charge in [0.1, 0.15) is 24.4 Å². The molecule has 0 aliphatic carbocycles. The first-order valence-electron chi connectivity index (χ1n) is 14.3. The highest BCUT2D eigenvalue weighted by atomic mass is 16.6. The van der Waals surface area contributed by atoms with Gasteiger partial charge in [-0.2, -0.15) is 0 Å². The molecule has 2 rings (SSSR count). The van der Waals surface area contributed by atoms with E-state index in [0.29, 0.717) is 0 Å². The minimum absolute atomic E-state index is 0.187. The molecule has 2 atom stereocenters. The number of benzene rings is 2. The van der Waals surface area contributed by atoms with Gasteiger partial charge in [0.25, 0.3) is 0 Å². The summed E-state index contributed by atoms with van der Waals surface area (Å²) in [6.07, 6.45) is -1.64. The van der Waals surface area contributed by atoms with Crippen molar-refractivity contribution in [1.29, 1.82) is 0 Å². The first-order valence-corrected chi connectivity index (χ1v) is 14.3. The summed E-state index contributed by atoms with van der Waals surface area (Å²) in [6.45, 7) is 9.55. The highest BCUT2D eigenvalue weighted by Crippen LogP contribution is 2.09. The molecule has 2 amide bonds. The molecule has 2 aromatic carbocycles. The zero-order chi connectivity index (χ0) is 32.6. The Morgan fingerprint density at radius 3 is 1.25 bits per heavy atom. The maximum Gasteiger partial charge on any atom is 0.408 e. The Bertz CT molecular complexity index is 1080. The molecule has 0 saturated carbocycles. The molecule has 242 valence electrons. The van der Waals surface area contributed by atoms with E-state index in [-0.39, 0.29) is 39.6 Å². The lowest BCUT2D eigenvalue weighted by atomic mass is 10.2. The summed E-state index contributed by atoms with van der Waals surface area (Å²) in [6, 6.07) is 16.2. The maximum absolute atomic E-state index is 12.8. The summed E-state index contributed by atoms with van der Waals surface area (Å²) in [5.41, 5.74) is 0.190. The quantitative estimate of drug-likeness (QED) is 0.169. The van der Waals surface area contributed by atoms with Crippen molar-refractivity contribution in [2.45, 2.75) is 78.0 Å². The number of carbonyl (C=O) groups is 4. The topological polar surface area (TPSA) is 148 Å². The standard InChI is InChI=1S/C32H44N2O10/c1-31(2,3)43-29(37)33-25(21-39-19-23-13-9-7-10-14-23)27(35)41-17-18-42-28(36)26(34-30(38)44-32(4,5)6)22-40-20-24-15-11-8-12-16-24/h7-16,25-26H,17-22H2,1-6H3,(H,33,37)(H,34,38). The van der Waals surface area contributed by atoms with Gasteiger partial charge in [-0.05, 0) is 52.7 Å². The fourth-order valence-corrected chi connectivity index (χ4v) is 3.46. The predicted octanol–water partition coefficient (Wildman–Crippen LogP) is 4.29. The number of amides is 2. The summed E-state index contributed by atoms with van der Waals surface area (Å²) < 4.78 is 32.2. The number of hydrogen-bond acceptors (Lipinski definition) is 10. The van der Waals surface area contributed by atoms with Crippen molar-refractivity contribution < 1.29 is 47.6 Å². The first-order chi connectivity index (χ1) is 20.7. The molecule has 2 unspecified atom stereocenters. The number of alkyl carbamates (subject to hydrolysis) is 2. The Balaban J connectivity index is 1.91. The van der Waals surface area contributed by atoms with Crippen molar-refractivity contribution in [3.63, 3.8) is 0 Å². The molecule has 0 radical (unpaired) electrons. The van der Waals surface area contributed by atoms with Crippen LogP contribution >= 0.6 is 0 Å². The van der Waals surface area contributed by atoms with Gasteiger partial charge in [-0.3, -0.25) is 0 Å². The third-order valence-corrected chi connectivity index (χ3v) is 5.32. The van der Waals surface area contributed by atoms with Crippen molar-refractivity contribution in [2.75, 3.05) is 26.4 Å². The summed E-state index contributed by atoms with van der Waals surface area (Å²) in [4.78, 5) is 50.3. The van der Waals surface area contributed by atoms with E-state index in [1.54, 1.807) is 41.5 Å². The van der Waals surface area contributed by atoms with Gasteiger partial charge in [0, 0.05) is 0 Å². The Hall–Kier alpha value is -4.16. The molecule has 0 fully saturated rings. The number of esters is 2. The third kappa shape index (κ3) is 15.9. The Labute approximate surface area is 258 Å². The monoisotopic (exact) mass is 616 g/mol. The number of hydrogen-bond donors (Lipinski definition) is 2. The van der Waals surface area contributed by atoms with Gasteiger partial charge in [-0.25, -0.2) is 19.2 Å². The summed E-state index contributed by atoms with van der Waals surface area (Å²) >= 11 is 0. The van der Waals surface area contributed by atoms with Crippen LogP contribution in [-0.2, 0) is 51.2 Å². The Morgan fingerprint density at radius 1 is 0.591 bits per heavy atom. The van der Waals surface area contributed by atoms with E-state index in [4.69, 9.17) is 28.4 Å². The largest absolute Gasteiger partial charge is 0.460 e. The van der Waals surface area contributed by atoms with Gasteiger partial charge in [0.2, 0.25) is 0 Å². The highest BCUT2D eigenvalue weighted by molar-refractivity contribution is 5.82. The summed E-state index contributed by atoms with van der Waals surface area (Å²) in [7, 11) is 0. The molecule has 0 spiro atoms. The Morgan fingerprint density at radius 2 is 0.932 bits per heavy atom. The zero-order valence-electron chi connectivity index (χ0n) is 26.3. The minimum atomic E-state index is -1.18. The number of rotatable bonds is 15. The molecule has 0 saturated heterocycles. The number of nitrogens with one attached hydrogen (secondary N) is 2. The maximum atomic E-state index is 12.8. The molecule has 0 aromatic heterocycles. The van der Waals surface area contributed by atoms with Crippen LogP contribution in [0.1, 0.15) is 52.7 Å². The smallest absolute Gasteiger partial charge is 0.408 e. The summed E-state index contributed by atoms with van der Waals surface area (Å²) in [5.74, 6) is -1.62. The number of carbonyl (C=O) groups excluding carboxylic acids is 4. The van der Waals surface area contributed by atoms with Gasteiger partial charge in [-0.1, -0.05) is 60.7 Å². The molecule has 2 N–H and O–H groups in total. The number of ether oxygens (including phenoxy) is 6. The van der Waals surface area contributed by atoms with E-state index in [9.17, 15) is 19.2 Å². The van der Waals surface area contributed by atoms with Crippen LogP contribution in [0.25, 0.3) is 0 Å². The lowest BCUT2D eigenvalue weighted by Crippen LogP contribution is -2.47. The average Bonchev–Trinajstić information content (AvgIpc) is 2.93. The molecule has 0 aliphatic heterocycles. The van der Waals surface area contributed by atoms with Crippen LogP contribution in [-0.4, -0.2) is 73.8 Å². The van der Waals surface area contributed by atoms with Crippen molar-refractivity contribution in [3.8, 4) is 0 Å². The van der Waals surface area contributed by atoms with E-state index in [1.165, 1.54) is 0 Å². The molecule has 44 heavy (non-hydrogen) atoms. The second kappa shape index (κ2) is 17.8. The second-order valence-electron chi connectivity index (χ2n) is 11.7. The fraction of sp³-hybridized carbons (Fsp3) is 0.500. The molecule has 12 nitrogen and oxygen atoms in total. The van der Waals surface area contributed by atoms with Gasteiger partial charge >= 0.3 is 24.1 Å². The molecule has 0 heterocycles. The predicted molar refractivity (Wildman–Crippen MR) is 160 cm³/mol. The van der Waals surface area contributed by atoms with Crippen molar-refractivity contribution in [3.05, 3.63) is 71.8 Å². The van der Waals surface area contributed by atoms with Crippen LogP contribution < -0.4 is 10.6 Å². The van der Waals surface area contributed by atoms with Gasteiger partial charge < -0.3 is 39.1 Å².